The van der Waals surface area contributed by atoms with E-state index in [0.717, 1.165) is 29.2 Å². The number of nitrogens with zero attached hydrogens (tertiary/aromatic N) is 2. The van der Waals surface area contributed by atoms with Crippen LogP contribution < -0.4 is 10.9 Å². The van der Waals surface area contributed by atoms with Crippen molar-refractivity contribution in [2.24, 2.45) is 0 Å². The van der Waals surface area contributed by atoms with E-state index in [1.807, 2.05) is 54.0 Å². The number of carbonyl (C=O) groups excluding carboxylic acids is 1. The van der Waals surface area contributed by atoms with E-state index >= 15 is 0 Å². The van der Waals surface area contributed by atoms with E-state index in [9.17, 15) is 9.59 Å². The van der Waals surface area contributed by atoms with Crippen LogP contribution in [0.3, 0.4) is 0 Å². The lowest BCUT2D eigenvalue weighted by Crippen LogP contribution is -2.29. The predicted octanol–water partition coefficient (Wildman–Crippen LogP) is 4.69. The van der Waals surface area contributed by atoms with Crippen molar-refractivity contribution < 1.29 is 4.79 Å². The fraction of sp³-hybridized carbons (Fsp3) is 0.269. The smallest absolute Gasteiger partial charge is 0.261 e. The molecule has 5 nitrogen and oxygen atoms in total. The van der Waals surface area contributed by atoms with E-state index in [1.165, 1.54) is 0 Å². The number of aryl methyl sites for hydroxylation is 1. The van der Waals surface area contributed by atoms with Crippen LogP contribution in [0.4, 0.5) is 0 Å². The fourth-order valence-electron chi connectivity index (χ4n) is 4.32. The van der Waals surface area contributed by atoms with Crippen LogP contribution in [0.5, 0.6) is 0 Å². The van der Waals surface area contributed by atoms with Crippen molar-refractivity contribution in [3.63, 3.8) is 0 Å². The first-order valence-corrected chi connectivity index (χ1v) is 10.9. The van der Waals surface area contributed by atoms with Gasteiger partial charge in [0.05, 0.1) is 16.9 Å². The van der Waals surface area contributed by atoms with Crippen LogP contribution >= 0.6 is 0 Å². The zero-order chi connectivity index (χ0) is 21.4. The molecule has 1 N–H and O–H groups in total. The van der Waals surface area contributed by atoms with Gasteiger partial charge in [0.2, 0.25) is 5.91 Å². The van der Waals surface area contributed by atoms with Gasteiger partial charge in [-0.15, -0.1) is 0 Å². The lowest BCUT2D eigenvalue weighted by molar-refractivity contribution is -0.121. The molecule has 1 aromatic heterocycles. The molecule has 0 saturated heterocycles. The minimum Gasteiger partial charge on any atom is -0.350 e. The molecule has 1 unspecified atom stereocenters. The molecule has 31 heavy (non-hydrogen) atoms. The van der Waals surface area contributed by atoms with Crippen LogP contribution in [0.25, 0.3) is 21.7 Å². The standard InChI is InChI=1S/C26H25N3O2/c1-17(20-11-6-8-18-7-2-3-9-21(18)20)27-25(30)16-15-24-28-23-12-5-4-10-22(23)26(31)29(24)19-13-14-19/h2-12,17,19H,13-16H2,1H3,(H,27,30). The van der Waals surface area contributed by atoms with Crippen LogP contribution in [0.15, 0.2) is 71.5 Å². The van der Waals surface area contributed by atoms with Gasteiger partial charge in [-0.1, -0.05) is 54.6 Å². The quantitative estimate of drug-likeness (QED) is 0.500. The summed E-state index contributed by atoms with van der Waals surface area (Å²) in [5, 5.41) is 6.08. The van der Waals surface area contributed by atoms with Crippen molar-refractivity contribution in [1.29, 1.82) is 0 Å². The van der Waals surface area contributed by atoms with Gasteiger partial charge in [-0.05, 0) is 48.2 Å². The summed E-state index contributed by atoms with van der Waals surface area (Å²) in [5.74, 6) is 0.671. The molecule has 3 aromatic carbocycles. The Labute approximate surface area is 180 Å². The van der Waals surface area contributed by atoms with Gasteiger partial charge in [0.25, 0.3) is 5.56 Å². The molecule has 1 amide bonds. The van der Waals surface area contributed by atoms with E-state index in [0.29, 0.717) is 29.6 Å². The number of aromatic nitrogens is 2. The maximum absolute atomic E-state index is 13.0. The Balaban J connectivity index is 1.34. The first-order chi connectivity index (χ1) is 15.1. The van der Waals surface area contributed by atoms with Gasteiger partial charge in [0.15, 0.2) is 0 Å². The molecule has 0 spiro atoms. The molecule has 1 heterocycles. The molecule has 5 rings (SSSR count). The number of benzene rings is 3. The molecule has 1 fully saturated rings. The molecule has 1 aliphatic carbocycles. The Morgan fingerprint density at radius 2 is 1.74 bits per heavy atom. The van der Waals surface area contributed by atoms with Crippen molar-refractivity contribution in [3.8, 4) is 0 Å². The Bertz CT molecular complexity index is 1330. The highest BCUT2D eigenvalue weighted by Gasteiger charge is 2.28. The predicted molar refractivity (Wildman–Crippen MR) is 123 cm³/mol. The molecule has 0 radical (unpaired) electrons. The largest absolute Gasteiger partial charge is 0.350 e. The SMILES string of the molecule is CC(NC(=O)CCc1nc2ccccc2c(=O)n1C1CC1)c1cccc2ccccc12. The van der Waals surface area contributed by atoms with Crippen LogP contribution in [0.2, 0.25) is 0 Å². The number of rotatable bonds is 6. The summed E-state index contributed by atoms with van der Waals surface area (Å²) in [7, 11) is 0. The second kappa shape index (κ2) is 7.99. The maximum Gasteiger partial charge on any atom is 0.261 e. The monoisotopic (exact) mass is 411 g/mol. The Kier molecular flexibility index (Phi) is 5.02. The molecular weight excluding hydrogens is 386 g/mol. The molecule has 4 aromatic rings. The molecule has 0 aliphatic heterocycles. The zero-order valence-corrected chi connectivity index (χ0v) is 17.5. The lowest BCUT2D eigenvalue weighted by Gasteiger charge is -2.17. The molecule has 1 aliphatic rings. The Morgan fingerprint density at radius 3 is 2.55 bits per heavy atom. The Morgan fingerprint density at radius 1 is 1.03 bits per heavy atom. The van der Waals surface area contributed by atoms with Gasteiger partial charge in [0.1, 0.15) is 5.82 Å². The highest BCUT2D eigenvalue weighted by atomic mass is 16.1. The van der Waals surface area contributed by atoms with Gasteiger partial charge < -0.3 is 5.32 Å². The number of nitrogens with one attached hydrogen (secondary N) is 1. The second-order valence-corrected chi connectivity index (χ2v) is 8.31. The van der Waals surface area contributed by atoms with Crippen LogP contribution in [-0.4, -0.2) is 15.5 Å². The number of hydrogen-bond donors (Lipinski definition) is 1. The molecule has 1 saturated carbocycles. The van der Waals surface area contributed by atoms with Gasteiger partial charge in [-0.3, -0.25) is 14.2 Å². The van der Waals surface area contributed by atoms with E-state index in [-0.39, 0.29) is 23.6 Å². The fourth-order valence-corrected chi connectivity index (χ4v) is 4.32. The average molecular weight is 412 g/mol. The highest BCUT2D eigenvalue weighted by molar-refractivity contribution is 5.87. The summed E-state index contributed by atoms with van der Waals surface area (Å²) in [5.41, 5.74) is 1.81. The summed E-state index contributed by atoms with van der Waals surface area (Å²) in [6, 6.07) is 21.9. The van der Waals surface area contributed by atoms with Crippen LogP contribution in [0.1, 0.15) is 49.7 Å². The number of amides is 1. The second-order valence-electron chi connectivity index (χ2n) is 8.31. The van der Waals surface area contributed by atoms with Gasteiger partial charge in [-0.2, -0.15) is 0 Å². The average Bonchev–Trinajstić information content (AvgIpc) is 3.62. The summed E-state index contributed by atoms with van der Waals surface area (Å²) >= 11 is 0. The minimum absolute atomic E-state index is 0.00707. The maximum atomic E-state index is 13.0. The van der Waals surface area contributed by atoms with E-state index in [4.69, 9.17) is 4.98 Å². The van der Waals surface area contributed by atoms with Crippen molar-refractivity contribution in [2.45, 2.75) is 44.7 Å². The lowest BCUT2D eigenvalue weighted by atomic mass is 9.99. The third kappa shape index (κ3) is 3.83. The molecule has 5 heteroatoms. The minimum atomic E-state index is -0.103. The Hall–Kier alpha value is -3.47. The summed E-state index contributed by atoms with van der Waals surface area (Å²) in [6.07, 6.45) is 2.74. The van der Waals surface area contributed by atoms with E-state index in [2.05, 4.69) is 29.6 Å². The van der Waals surface area contributed by atoms with Crippen LogP contribution in [-0.2, 0) is 11.2 Å². The number of carbonyl (C=O) groups is 1. The van der Waals surface area contributed by atoms with Crippen LogP contribution in [0, 0.1) is 0 Å². The molecule has 1 atom stereocenters. The summed E-state index contributed by atoms with van der Waals surface area (Å²) in [6.45, 7) is 2.01. The topological polar surface area (TPSA) is 64.0 Å². The number of fused-ring (bicyclic) bond motifs is 2. The third-order valence-electron chi connectivity index (χ3n) is 6.04. The van der Waals surface area contributed by atoms with Crippen molar-refractivity contribution in [3.05, 3.63) is 88.5 Å². The first-order valence-electron chi connectivity index (χ1n) is 10.9. The molecular formula is C26H25N3O2. The van der Waals surface area contributed by atoms with Crippen molar-refractivity contribution in [2.75, 3.05) is 0 Å². The molecule has 156 valence electrons. The summed E-state index contributed by atoms with van der Waals surface area (Å²) in [4.78, 5) is 30.5. The number of para-hydroxylation sites is 1. The molecule has 0 bridgehead atoms. The van der Waals surface area contributed by atoms with Gasteiger partial charge in [0, 0.05) is 18.9 Å². The third-order valence-corrected chi connectivity index (χ3v) is 6.04. The van der Waals surface area contributed by atoms with Crippen molar-refractivity contribution in [1.82, 2.24) is 14.9 Å². The van der Waals surface area contributed by atoms with Crippen molar-refractivity contribution >= 4 is 27.6 Å². The van der Waals surface area contributed by atoms with E-state index < -0.39 is 0 Å². The normalized spacial score (nSPS) is 14.6. The van der Waals surface area contributed by atoms with E-state index in [1.54, 1.807) is 0 Å². The summed E-state index contributed by atoms with van der Waals surface area (Å²) < 4.78 is 1.81. The number of hydrogen-bond acceptors (Lipinski definition) is 3. The highest BCUT2D eigenvalue weighted by Crippen LogP contribution is 2.35. The van der Waals surface area contributed by atoms with Gasteiger partial charge >= 0.3 is 0 Å². The first kappa shape index (κ1) is 19.5. The zero-order valence-electron chi connectivity index (χ0n) is 17.5. The van der Waals surface area contributed by atoms with Gasteiger partial charge in [-0.25, -0.2) is 4.98 Å².